The Morgan fingerprint density at radius 3 is 2.32 bits per heavy atom. The van der Waals surface area contributed by atoms with Crippen LogP contribution < -0.4 is 10.9 Å². The van der Waals surface area contributed by atoms with Crippen LogP contribution in [0.2, 0.25) is 0 Å². The SMILES string of the molecule is Cc1c(NC(=O)[C@@H](C)OC(=O)c2cccc(S(=O)(=O)N(C)C)c2)c(=O)n(-c2ccccc2)n1C. The molecule has 180 valence electrons. The van der Waals surface area contributed by atoms with Crippen molar-refractivity contribution in [2.45, 2.75) is 24.8 Å². The van der Waals surface area contributed by atoms with Gasteiger partial charge in [0.15, 0.2) is 6.10 Å². The Kier molecular flexibility index (Phi) is 7.08. The van der Waals surface area contributed by atoms with Gasteiger partial charge in [0, 0.05) is 21.1 Å². The molecule has 1 amide bonds. The third-order valence-corrected chi connectivity index (χ3v) is 7.11. The molecule has 10 nitrogen and oxygen atoms in total. The van der Waals surface area contributed by atoms with E-state index < -0.39 is 33.6 Å². The van der Waals surface area contributed by atoms with Crippen molar-refractivity contribution in [3.8, 4) is 5.69 Å². The summed E-state index contributed by atoms with van der Waals surface area (Å²) in [4.78, 5) is 38.1. The number of hydrogen-bond acceptors (Lipinski definition) is 6. The van der Waals surface area contributed by atoms with Crippen LogP contribution in [0.1, 0.15) is 23.0 Å². The van der Waals surface area contributed by atoms with Crippen molar-refractivity contribution >= 4 is 27.6 Å². The third kappa shape index (κ3) is 4.80. The van der Waals surface area contributed by atoms with Gasteiger partial charge in [-0.15, -0.1) is 0 Å². The van der Waals surface area contributed by atoms with E-state index >= 15 is 0 Å². The highest BCUT2D eigenvalue weighted by Gasteiger charge is 2.25. The Morgan fingerprint density at radius 2 is 1.71 bits per heavy atom. The van der Waals surface area contributed by atoms with Crippen LogP contribution in [0.15, 0.2) is 64.3 Å². The fourth-order valence-corrected chi connectivity index (χ4v) is 4.16. The lowest BCUT2D eigenvalue weighted by atomic mass is 10.2. The Labute approximate surface area is 197 Å². The molecule has 1 heterocycles. The second-order valence-electron chi connectivity index (χ2n) is 7.79. The van der Waals surface area contributed by atoms with Crippen molar-refractivity contribution in [2.24, 2.45) is 7.05 Å². The van der Waals surface area contributed by atoms with Crippen molar-refractivity contribution in [1.29, 1.82) is 0 Å². The molecule has 1 aromatic heterocycles. The van der Waals surface area contributed by atoms with E-state index in [2.05, 4.69) is 5.32 Å². The summed E-state index contributed by atoms with van der Waals surface area (Å²) in [5.74, 6) is -1.57. The van der Waals surface area contributed by atoms with Gasteiger partial charge in [-0.3, -0.25) is 14.3 Å². The lowest BCUT2D eigenvalue weighted by Gasteiger charge is -2.14. The molecule has 11 heteroatoms. The first kappa shape index (κ1) is 24.9. The lowest BCUT2D eigenvalue weighted by molar-refractivity contribution is -0.123. The first-order chi connectivity index (χ1) is 15.9. The Balaban J connectivity index is 1.78. The normalized spacial score (nSPS) is 12.4. The van der Waals surface area contributed by atoms with Gasteiger partial charge in [-0.05, 0) is 44.2 Å². The van der Waals surface area contributed by atoms with Gasteiger partial charge in [0.25, 0.3) is 11.5 Å². The van der Waals surface area contributed by atoms with Crippen LogP contribution in [0.25, 0.3) is 5.69 Å². The van der Waals surface area contributed by atoms with Crippen LogP contribution >= 0.6 is 0 Å². The van der Waals surface area contributed by atoms with Crippen LogP contribution in [0.4, 0.5) is 5.69 Å². The molecule has 0 aliphatic heterocycles. The fraction of sp³-hybridized carbons (Fsp3) is 0.261. The standard InChI is InChI=1S/C23H26N4O6S/c1-15-20(22(29)27(26(15)5)18-11-7-6-8-12-18)24-21(28)16(2)33-23(30)17-10-9-13-19(14-17)34(31,32)25(3)4/h6-14,16H,1-5H3,(H,24,28)/t16-/m1/s1. The topological polar surface area (TPSA) is 120 Å². The maximum atomic E-state index is 13.0. The number of anilines is 1. The first-order valence-electron chi connectivity index (χ1n) is 10.3. The number of para-hydroxylation sites is 1. The summed E-state index contributed by atoms with van der Waals surface area (Å²) in [6.07, 6.45) is -1.24. The molecule has 34 heavy (non-hydrogen) atoms. The highest BCUT2D eigenvalue weighted by molar-refractivity contribution is 7.89. The van der Waals surface area contributed by atoms with Gasteiger partial charge in [0.05, 0.1) is 21.8 Å². The van der Waals surface area contributed by atoms with Gasteiger partial charge < -0.3 is 10.1 Å². The van der Waals surface area contributed by atoms with Crippen LogP contribution in [-0.4, -0.2) is 54.2 Å². The van der Waals surface area contributed by atoms with Crippen LogP contribution in [-0.2, 0) is 26.6 Å². The molecule has 0 saturated carbocycles. The van der Waals surface area contributed by atoms with E-state index in [1.807, 2.05) is 6.07 Å². The van der Waals surface area contributed by atoms with E-state index in [9.17, 15) is 22.8 Å². The predicted octanol–water partition coefficient (Wildman–Crippen LogP) is 1.92. The molecule has 0 unspecified atom stereocenters. The lowest BCUT2D eigenvalue weighted by Crippen LogP contribution is -2.32. The second-order valence-corrected chi connectivity index (χ2v) is 9.94. The van der Waals surface area contributed by atoms with E-state index in [0.29, 0.717) is 11.4 Å². The maximum Gasteiger partial charge on any atom is 0.338 e. The number of esters is 1. The summed E-state index contributed by atoms with van der Waals surface area (Å²) in [6.45, 7) is 3.05. The molecular weight excluding hydrogens is 460 g/mol. The molecule has 3 aromatic rings. The number of amides is 1. The predicted molar refractivity (Wildman–Crippen MR) is 127 cm³/mol. The van der Waals surface area contributed by atoms with Gasteiger partial charge in [-0.25, -0.2) is 22.2 Å². The fourth-order valence-electron chi connectivity index (χ4n) is 3.21. The van der Waals surface area contributed by atoms with Crippen molar-refractivity contribution in [3.63, 3.8) is 0 Å². The number of carbonyl (C=O) groups is 2. The number of sulfonamides is 1. The molecule has 0 saturated heterocycles. The average Bonchev–Trinajstić information content (AvgIpc) is 3.02. The zero-order valence-corrected chi connectivity index (χ0v) is 20.3. The number of aromatic nitrogens is 2. The van der Waals surface area contributed by atoms with E-state index in [4.69, 9.17) is 4.74 Å². The minimum absolute atomic E-state index is 0.0232. The van der Waals surface area contributed by atoms with Crippen molar-refractivity contribution in [2.75, 3.05) is 19.4 Å². The smallest absolute Gasteiger partial charge is 0.338 e. The number of nitrogens with zero attached hydrogens (tertiary/aromatic N) is 3. The maximum absolute atomic E-state index is 13.0. The second kappa shape index (κ2) is 9.65. The monoisotopic (exact) mass is 486 g/mol. The van der Waals surface area contributed by atoms with E-state index in [0.717, 1.165) is 4.31 Å². The molecule has 0 aliphatic carbocycles. The molecule has 0 bridgehead atoms. The van der Waals surface area contributed by atoms with E-state index in [1.165, 1.54) is 50.0 Å². The van der Waals surface area contributed by atoms with Gasteiger partial charge >= 0.3 is 5.97 Å². The van der Waals surface area contributed by atoms with E-state index in [-0.39, 0.29) is 16.1 Å². The number of rotatable bonds is 7. The molecule has 2 aromatic carbocycles. The number of carbonyl (C=O) groups excluding carboxylic acids is 2. The summed E-state index contributed by atoms with van der Waals surface area (Å²) < 4.78 is 33.9. The highest BCUT2D eigenvalue weighted by atomic mass is 32.2. The molecule has 1 atom stereocenters. The zero-order chi connectivity index (χ0) is 25.2. The van der Waals surface area contributed by atoms with Crippen molar-refractivity contribution in [1.82, 2.24) is 13.7 Å². The highest BCUT2D eigenvalue weighted by Crippen LogP contribution is 2.17. The zero-order valence-electron chi connectivity index (χ0n) is 19.5. The van der Waals surface area contributed by atoms with Gasteiger partial charge in [-0.1, -0.05) is 24.3 Å². The number of nitrogens with one attached hydrogen (secondary N) is 1. The van der Waals surface area contributed by atoms with Crippen LogP contribution in [0.3, 0.4) is 0 Å². The molecule has 1 N–H and O–H groups in total. The number of benzene rings is 2. The molecular formula is C23H26N4O6S. The Bertz CT molecular complexity index is 1390. The summed E-state index contributed by atoms with van der Waals surface area (Å²) in [6, 6.07) is 14.3. The third-order valence-electron chi connectivity index (χ3n) is 5.30. The van der Waals surface area contributed by atoms with Crippen molar-refractivity contribution in [3.05, 3.63) is 76.2 Å². The number of ether oxygens (including phenoxy) is 1. The largest absolute Gasteiger partial charge is 0.449 e. The van der Waals surface area contributed by atoms with Gasteiger partial charge in [0.2, 0.25) is 10.0 Å². The van der Waals surface area contributed by atoms with Crippen LogP contribution in [0.5, 0.6) is 0 Å². The molecule has 0 fully saturated rings. The quantitative estimate of drug-likeness (QED) is 0.510. The molecule has 0 spiro atoms. The summed E-state index contributed by atoms with van der Waals surface area (Å²) in [5, 5.41) is 2.54. The average molecular weight is 487 g/mol. The molecule has 0 aliphatic rings. The van der Waals surface area contributed by atoms with E-state index in [1.54, 1.807) is 42.9 Å². The molecule has 3 rings (SSSR count). The molecule has 0 radical (unpaired) electrons. The minimum atomic E-state index is -3.75. The van der Waals surface area contributed by atoms with Crippen molar-refractivity contribution < 1.29 is 22.7 Å². The summed E-state index contributed by atoms with van der Waals surface area (Å²) >= 11 is 0. The van der Waals surface area contributed by atoms with Crippen LogP contribution in [0, 0.1) is 6.92 Å². The number of hydrogen-bond donors (Lipinski definition) is 1. The first-order valence-corrected chi connectivity index (χ1v) is 11.8. The Morgan fingerprint density at radius 1 is 1.06 bits per heavy atom. The van der Waals surface area contributed by atoms with Gasteiger partial charge in [-0.2, -0.15) is 0 Å². The summed E-state index contributed by atoms with van der Waals surface area (Å²) in [5.41, 5.74) is 0.760. The Hall–Kier alpha value is -3.70. The summed E-state index contributed by atoms with van der Waals surface area (Å²) in [7, 11) is 0.704. The minimum Gasteiger partial charge on any atom is -0.449 e. The van der Waals surface area contributed by atoms with Gasteiger partial charge in [0.1, 0.15) is 5.69 Å².